The summed E-state index contributed by atoms with van der Waals surface area (Å²) < 4.78 is 66.4. The van der Waals surface area contributed by atoms with Crippen molar-refractivity contribution in [1.29, 1.82) is 0 Å². The third-order valence-corrected chi connectivity index (χ3v) is 11.0. The molecule has 5 rings (SSSR count). The van der Waals surface area contributed by atoms with E-state index < -0.39 is 31.8 Å². The minimum absolute atomic E-state index is 0.00533. The van der Waals surface area contributed by atoms with Crippen molar-refractivity contribution in [3.63, 3.8) is 0 Å². The maximum absolute atomic E-state index is 13.4. The third-order valence-electron chi connectivity index (χ3n) is 7.65. The van der Waals surface area contributed by atoms with Crippen molar-refractivity contribution in [1.82, 2.24) is 19.3 Å². The maximum Gasteiger partial charge on any atom is 0.248 e. The van der Waals surface area contributed by atoms with Gasteiger partial charge < -0.3 is 25.0 Å². The molecular weight excluding hydrogens is 572 g/mol. The van der Waals surface area contributed by atoms with E-state index in [1.54, 1.807) is 36.4 Å². The molecule has 2 aliphatic heterocycles. The van der Waals surface area contributed by atoms with Crippen LogP contribution in [0.1, 0.15) is 19.3 Å². The molecule has 0 radical (unpaired) electrons. The minimum atomic E-state index is -3.95. The highest BCUT2D eigenvalue weighted by Crippen LogP contribution is 2.39. The van der Waals surface area contributed by atoms with Gasteiger partial charge in [0.2, 0.25) is 20.0 Å². The number of aliphatic hydroxyl groups is 1. The molecule has 0 amide bonds. The number of benzene rings is 2. The number of rotatable bonds is 10. The molecular formula is C27H34N4O8S2. The molecule has 1 aromatic heterocycles. The predicted molar refractivity (Wildman–Crippen MR) is 151 cm³/mol. The van der Waals surface area contributed by atoms with Gasteiger partial charge in [0.25, 0.3) is 0 Å². The van der Waals surface area contributed by atoms with Gasteiger partial charge in [0, 0.05) is 31.1 Å². The summed E-state index contributed by atoms with van der Waals surface area (Å²) in [5, 5.41) is 24.8. The molecule has 3 heterocycles. The number of hydrogen-bond donors (Lipinski definition) is 4. The monoisotopic (exact) mass is 606 g/mol. The minimum Gasteiger partial charge on any atom is -0.506 e. The van der Waals surface area contributed by atoms with Crippen molar-refractivity contribution in [2.45, 2.75) is 46.8 Å². The van der Waals surface area contributed by atoms with Gasteiger partial charge >= 0.3 is 0 Å². The number of sulfonamides is 2. The largest absolute Gasteiger partial charge is 0.506 e. The van der Waals surface area contributed by atoms with Crippen LogP contribution in [-0.4, -0.2) is 94.0 Å². The number of nitrogens with one attached hydrogen (secondary N) is 2. The van der Waals surface area contributed by atoms with Crippen molar-refractivity contribution in [3.05, 3.63) is 54.7 Å². The van der Waals surface area contributed by atoms with E-state index >= 15 is 0 Å². The lowest BCUT2D eigenvalue weighted by molar-refractivity contribution is -0.0312. The van der Waals surface area contributed by atoms with Crippen LogP contribution in [0.3, 0.4) is 0 Å². The zero-order valence-corrected chi connectivity index (χ0v) is 24.2. The average molecular weight is 607 g/mol. The van der Waals surface area contributed by atoms with Gasteiger partial charge in [-0.3, -0.25) is 4.98 Å². The van der Waals surface area contributed by atoms with E-state index in [2.05, 4.69) is 15.0 Å². The summed E-state index contributed by atoms with van der Waals surface area (Å²) in [5.74, 6) is -0.148. The van der Waals surface area contributed by atoms with Crippen LogP contribution in [0.15, 0.2) is 64.5 Å². The zero-order chi connectivity index (χ0) is 29.3. The van der Waals surface area contributed by atoms with E-state index in [1.165, 1.54) is 29.7 Å². The molecule has 1 spiro atoms. The van der Waals surface area contributed by atoms with Crippen molar-refractivity contribution < 1.29 is 36.5 Å². The molecule has 2 atom stereocenters. The number of ether oxygens (including phenoxy) is 2. The van der Waals surface area contributed by atoms with E-state index in [-0.39, 0.29) is 53.6 Å². The first-order valence-electron chi connectivity index (χ1n) is 13.3. The second-order valence-electron chi connectivity index (χ2n) is 10.3. The van der Waals surface area contributed by atoms with Gasteiger partial charge in [0.15, 0.2) is 0 Å². The van der Waals surface area contributed by atoms with Gasteiger partial charge in [-0.25, -0.2) is 21.6 Å². The fourth-order valence-corrected chi connectivity index (χ4v) is 7.69. The summed E-state index contributed by atoms with van der Waals surface area (Å²) in [6.07, 6.45) is 1.95. The van der Waals surface area contributed by atoms with Crippen LogP contribution in [-0.2, 0) is 24.8 Å². The molecule has 41 heavy (non-hydrogen) atoms. The SMILES string of the molecule is CNS(=O)(=O)c1ccccc1OC[C@@H](O)CN[C@H]1COC2(CCN(S(=O)(=O)c3cnc4ccccc4c3O)CC2)C1. The Bertz CT molecular complexity index is 1610. The van der Waals surface area contributed by atoms with E-state index in [9.17, 15) is 27.0 Å². The molecule has 2 aliphatic rings. The van der Waals surface area contributed by atoms with Crippen LogP contribution in [0.25, 0.3) is 10.9 Å². The molecule has 222 valence electrons. The average Bonchev–Trinajstić information content (AvgIpc) is 3.37. The van der Waals surface area contributed by atoms with Gasteiger partial charge in [0.05, 0.1) is 23.9 Å². The maximum atomic E-state index is 13.4. The number of piperidine rings is 1. The van der Waals surface area contributed by atoms with Gasteiger partial charge in [-0.05, 0) is 50.6 Å². The quantitative estimate of drug-likeness (QED) is 0.263. The second kappa shape index (κ2) is 11.8. The number of nitrogens with zero attached hydrogens (tertiary/aromatic N) is 2. The van der Waals surface area contributed by atoms with Crippen LogP contribution in [0.2, 0.25) is 0 Å². The Morgan fingerprint density at radius 1 is 1.10 bits per heavy atom. The Morgan fingerprint density at radius 2 is 1.80 bits per heavy atom. The lowest BCUT2D eigenvalue weighted by atomic mass is 9.88. The fourth-order valence-electron chi connectivity index (χ4n) is 5.34. The third kappa shape index (κ3) is 6.18. The summed E-state index contributed by atoms with van der Waals surface area (Å²) in [7, 11) is -6.33. The number of aliphatic hydroxyl groups excluding tert-OH is 1. The Balaban J connectivity index is 1.12. The Morgan fingerprint density at radius 3 is 2.56 bits per heavy atom. The van der Waals surface area contributed by atoms with Gasteiger partial charge in [-0.15, -0.1) is 0 Å². The Kier molecular flexibility index (Phi) is 8.53. The van der Waals surface area contributed by atoms with Crippen LogP contribution in [0, 0.1) is 0 Å². The van der Waals surface area contributed by atoms with Crippen LogP contribution in [0.5, 0.6) is 11.5 Å². The normalized spacial score (nSPS) is 20.4. The molecule has 2 fully saturated rings. The molecule has 2 saturated heterocycles. The molecule has 4 N–H and O–H groups in total. The standard InChI is InChI=1S/C27H34N4O8S2/c1-28-40(34,35)24-9-5-4-8-23(24)38-18-20(32)15-29-19-14-27(39-17-19)10-12-31(13-11-27)41(36,37)25-16-30-22-7-3-2-6-21(22)26(25)33/h2-9,16,19-20,28-29,32H,10-15,17-18H2,1H3,(H,30,33)/t19-,20+/m1/s1. The van der Waals surface area contributed by atoms with Crippen molar-refractivity contribution in [3.8, 4) is 11.5 Å². The molecule has 0 saturated carbocycles. The number of hydrogen-bond acceptors (Lipinski definition) is 10. The number of pyridine rings is 1. The summed E-state index contributed by atoms with van der Waals surface area (Å²) in [5.41, 5.74) is 0.0395. The number of para-hydroxylation sites is 2. The second-order valence-corrected chi connectivity index (χ2v) is 14.1. The van der Waals surface area contributed by atoms with Crippen LogP contribution in [0.4, 0.5) is 0 Å². The van der Waals surface area contributed by atoms with E-state index in [4.69, 9.17) is 9.47 Å². The van der Waals surface area contributed by atoms with E-state index in [0.717, 1.165) is 0 Å². The summed E-state index contributed by atoms with van der Waals surface area (Å²) in [4.78, 5) is 4.00. The molecule has 14 heteroatoms. The highest BCUT2D eigenvalue weighted by atomic mass is 32.2. The molecule has 0 aliphatic carbocycles. The molecule has 12 nitrogen and oxygen atoms in total. The molecule has 0 unspecified atom stereocenters. The van der Waals surface area contributed by atoms with Gasteiger partial charge in [-0.2, -0.15) is 4.31 Å². The first-order valence-corrected chi connectivity index (χ1v) is 16.2. The molecule has 0 bridgehead atoms. The lowest BCUT2D eigenvalue weighted by Gasteiger charge is -2.38. The molecule has 2 aromatic carbocycles. The Labute approximate surface area is 239 Å². The highest BCUT2D eigenvalue weighted by Gasteiger charge is 2.45. The highest BCUT2D eigenvalue weighted by molar-refractivity contribution is 7.89. The first kappa shape index (κ1) is 29.6. The summed E-state index contributed by atoms with van der Waals surface area (Å²) in [6.45, 7) is 1.00. The van der Waals surface area contributed by atoms with Crippen molar-refractivity contribution in [2.75, 3.05) is 39.9 Å². The Hall–Kier alpha value is -2.85. The molecule has 3 aromatic rings. The summed E-state index contributed by atoms with van der Waals surface area (Å²) >= 11 is 0. The fraction of sp³-hybridized carbons (Fsp3) is 0.444. The van der Waals surface area contributed by atoms with Crippen molar-refractivity contribution >= 4 is 30.9 Å². The lowest BCUT2D eigenvalue weighted by Crippen LogP contribution is -2.47. The van der Waals surface area contributed by atoms with E-state index in [0.29, 0.717) is 36.8 Å². The van der Waals surface area contributed by atoms with Crippen LogP contribution >= 0.6 is 0 Å². The number of fused-ring (bicyclic) bond motifs is 1. The van der Waals surface area contributed by atoms with Crippen LogP contribution < -0.4 is 14.8 Å². The zero-order valence-electron chi connectivity index (χ0n) is 22.6. The van der Waals surface area contributed by atoms with Gasteiger partial charge in [-0.1, -0.05) is 24.3 Å². The van der Waals surface area contributed by atoms with Gasteiger partial charge in [0.1, 0.15) is 34.0 Å². The number of aromatic hydroxyl groups is 1. The summed E-state index contributed by atoms with van der Waals surface area (Å²) in [6, 6.07) is 13.0. The predicted octanol–water partition coefficient (Wildman–Crippen LogP) is 1.19. The smallest absolute Gasteiger partial charge is 0.248 e. The topological polar surface area (TPSA) is 167 Å². The van der Waals surface area contributed by atoms with Crippen molar-refractivity contribution in [2.24, 2.45) is 0 Å². The number of aromatic nitrogens is 1. The van der Waals surface area contributed by atoms with E-state index in [1.807, 2.05) is 0 Å². The first-order chi connectivity index (χ1) is 19.5.